The van der Waals surface area contributed by atoms with Crippen LogP contribution >= 0.6 is 0 Å². The van der Waals surface area contributed by atoms with Gasteiger partial charge in [0.1, 0.15) is 18.1 Å². The fourth-order valence-electron chi connectivity index (χ4n) is 2.10. The van der Waals surface area contributed by atoms with E-state index in [0.717, 1.165) is 30.6 Å². The Morgan fingerprint density at radius 2 is 2.11 bits per heavy atom. The van der Waals surface area contributed by atoms with Crippen LogP contribution in [0.3, 0.4) is 0 Å². The first-order valence-electron chi connectivity index (χ1n) is 7.13. The van der Waals surface area contributed by atoms with Crippen molar-refractivity contribution in [2.75, 3.05) is 6.61 Å². The van der Waals surface area contributed by atoms with Crippen LogP contribution in [0.4, 0.5) is 0 Å². The lowest BCUT2D eigenvalue weighted by Crippen LogP contribution is -2.21. The van der Waals surface area contributed by atoms with Crippen LogP contribution in [0.1, 0.15) is 51.1 Å². The van der Waals surface area contributed by atoms with Crippen molar-refractivity contribution >= 4 is 0 Å². The zero-order chi connectivity index (χ0) is 12.8. The molecular weight excluding hydrogens is 226 g/mol. The highest BCUT2D eigenvalue weighted by Gasteiger charge is 2.16. The average molecular weight is 251 g/mol. The molecular formula is C15H25NO2. The molecule has 1 aliphatic rings. The third-order valence-electron chi connectivity index (χ3n) is 3.54. The Kier molecular flexibility index (Phi) is 5.26. The first-order valence-corrected chi connectivity index (χ1v) is 7.13. The highest BCUT2D eigenvalue weighted by molar-refractivity contribution is 5.06. The Bertz CT molecular complexity index is 342. The molecule has 18 heavy (non-hydrogen) atoms. The molecule has 0 bridgehead atoms. The molecule has 1 heterocycles. The van der Waals surface area contributed by atoms with Crippen molar-refractivity contribution in [3.05, 3.63) is 23.7 Å². The Labute approximate surface area is 110 Å². The quantitative estimate of drug-likeness (QED) is 0.718. The van der Waals surface area contributed by atoms with E-state index in [4.69, 9.17) is 9.15 Å². The molecule has 0 spiro atoms. The smallest absolute Gasteiger partial charge is 0.129 e. The van der Waals surface area contributed by atoms with Crippen molar-refractivity contribution in [3.63, 3.8) is 0 Å². The lowest BCUT2D eigenvalue weighted by atomic mass is 9.83. The summed E-state index contributed by atoms with van der Waals surface area (Å²) in [6, 6.07) is 4.53. The predicted molar refractivity (Wildman–Crippen MR) is 72.3 cm³/mol. The lowest BCUT2D eigenvalue weighted by Gasteiger charge is -2.24. The summed E-state index contributed by atoms with van der Waals surface area (Å²) in [5.74, 6) is 2.85. The van der Waals surface area contributed by atoms with Gasteiger partial charge in [0, 0.05) is 12.6 Å². The summed E-state index contributed by atoms with van der Waals surface area (Å²) in [6.07, 6.45) is 5.42. The molecule has 3 heteroatoms. The second-order valence-corrected chi connectivity index (χ2v) is 5.54. The Morgan fingerprint density at radius 1 is 1.33 bits per heavy atom. The summed E-state index contributed by atoms with van der Waals surface area (Å²) >= 11 is 0. The summed E-state index contributed by atoms with van der Waals surface area (Å²) in [7, 11) is 0. The topological polar surface area (TPSA) is 34.4 Å². The standard InChI is InChI=1S/C15H25NO2/c1-12(2)16-10-14-6-7-15(18-14)11-17-9-8-13-4-3-5-13/h6-7,12-13,16H,3-5,8-11H2,1-2H3. The molecule has 0 atom stereocenters. The molecule has 1 aromatic rings. The van der Waals surface area contributed by atoms with Crippen LogP contribution in [0, 0.1) is 5.92 Å². The highest BCUT2D eigenvalue weighted by Crippen LogP contribution is 2.29. The van der Waals surface area contributed by atoms with Gasteiger partial charge in [-0.15, -0.1) is 0 Å². The van der Waals surface area contributed by atoms with Crippen molar-refractivity contribution in [1.29, 1.82) is 0 Å². The molecule has 102 valence electrons. The van der Waals surface area contributed by atoms with Gasteiger partial charge in [-0.05, 0) is 24.5 Å². The van der Waals surface area contributed by atoms with Crippen LogP contribution < -0.4 is 5.32 Å². The predicted octanol–water partition coefficient (Wildman–Crippen LogP) is 3.48. The fraction of sp³-hybridized carbons (Fsp3) is 0.733. The molecule has 1 N–H and O–H groups in total. The van der Waals surface area contributed by atoms with Crippen molar-refractivity contribution in [2.45, 2.75) is 58.7 Å². The summed E-state index contributed by atoms with van der Waals surface area (Å²) in [4.78, 5) is 0. The maximum absolute atomic E-state index is 5.69. The van der Waals surface area contributed by atoms with Crippen LogP contribution in [0.25, 0.3) is 0 Å². The van der Waals surface area contributed by atoms with E-state index in [9.17, 15) is 0 Å². The van der Waals surface area contributed by atoms with E-state index in [1.54, 1.807) is 0 Å². The van der Waals surface area contributed by atoms with Crippen LogP contribution in [-0.2, 0) is 17.9 Å². The SMILES string of the molecule is CC(C)NCc1ccc(COCCC2CCC2)o1. The number of ether oxygens (including phenoxy) is 1. The minimum Gasteiger partial charge on any atom is -0.462 e. The number of nitrogens with one attached hydrogen (secondary N) is 1. The first-order chi connectivity index (χ1) is 8.74. The molecule has 1 saturated carbocycles. The van der Waals surface area contributed by atoms with Crippen molar-refractivity contribution in [1.82, 2.24) is 5.32 Å². The molecule has 2 rings (SSSR count). The Morgan fingerprint density at radius 3 is 2.78 bits per heavy atom. The molecule has 0 aromatic carbocycles. The third-order valence-corrected chi connectivity index (χ3v) is 3.54. The Balaban J connectivity index is 1.60. The van der Waals surface area contributed by atoms with Crippen LogP contribution in [0.15, 0.2) is 16.5 Å². The van der Waals surface area contributed by atoms with Gasteiger partial charge in [-0.25, -0.2) is 0 Å². The van der Waals surface area contributed by atoms with E-state index in [-0.39, 0.29) is 0 Å². The normalized spacial score (nSPS) is 16.2. The van der Waals surface area contributed by atoms with Gasteiger partial charge in [0.05, 0.1) is 6.54 Å². The van der Waals surface area contributed by atoms with Crippen molar-refractivity contribution in [3.8, 4) is 0 Å². The van der Waals surface area contributed by atoms with Gasteiger partial charge in [-0.1, -0.05) is 33.1 Å². The monoisotopic (exact) mass is 251 g/mol. The molecule has 0 aliphatic heterocycles. The minimum absolute atomic E-state index is 0.484. The van der Waals surface area contributed by atoms with Gasteiger partial charge >= 0.3 is 0 Å². The van der Waals surface area contributed by atoms with Gasteiger partial charge < -0.3 is 14.5 Å². The van der Waals surface area contributed by atoms with Gasteiger partial charge in [-0.3, -0.25) is 0 Å². The summed E-state index contributed by atoms with van der Waals surface area (Å²) in [5, 5.41) is 3.34. The third kappa shape index (κ3) is 4.46. The van der Waals surface area contributed by atoms with Crippen LogP contribution in [0.2, 0.25) is 0 Å². The Hall–Kier alpha value is -0.800. The van der Waals surface area contributed by atoms with Crippen molar-refractivity contribution < 1.29 is 9.15 Å². The van der Waals surface area contributed by atoms with E-state index in [1.807, 2.05) is 12.1 Å². The largest absolute Gasteiger partial charge is 0.462 e. The molecule has 0 amide bonds. The molecule has 3 nitrogen and oxygen atoms in total. The number of furan rings is 1. The highest BCUT2D eigenvalue weighted by atomic mass is 16.5. The molecule has 0 unspecified atom stereocenters. The second kappa shape index (κ2) is 6.95. The lowest BCUT2D eigenvalue weighted by molar-refractivity contribution is 0.0828. The minimum atomic E-state index is 0.484. The summed E-state index contributed by atoms with van der Waals surface area (Å²) < 4.78 is 11.3. The van der Waals surface area contributed by atoms with E-state index in [1.165, 1.54) is 25.7 Å². The summed E-state index contributed by atoms with van der Waals surface area (Å²) in [5.41, 5.74) is 0. The zero-order valence-corrected chi connectivity index (χ0v) is 11.6. The van der Waals surface area contributed by atoms with E-state index >= 15 is 0 Å². The van der Waals surface area contributed by atoms with Gasteiger partial charge in [0.2, 0.25) is 0 Å². The molecule has 1 fully saturated rings. The number of hydrogen-bond acceptors (Lipinski definition) is 3. The van der Waals surface area contributed by atoms with Gasteiger partial charge in [0.15, 0.2) is 0 Å². The van der Waals surface area contributed by atoms with E-state index < -0.39 is 0 Å². The average Bonchev–Trinajstić information content (AvgIpc) is 2.71. The van der Waals surface area contributed by atoms with Gasteiger partial charge in [0.25, 0.3) is 0 Å². The van der Waals surface area contributed by atoms with Crippen molar-refractivity contribution in [2.24, 2.45) is 5.92 Å². The molecule has 1 aliphatic carbocycles. The van der Waals surface area contributed by atoms with Gasteiger partial charge in [-0.2, -0.15) is 0 Å². The van der Waals surface area contributed by atoms with E-state index in [2.05, 4.69) is 19.2 Å². The van der Waals surface area contributed by atoms with Crippen LogP contribution in [0.5, 0.6) is 0 Å². The molecule has 0 radical (unpaired) electrons. The number of hydrogen-bond donors (Lipinski definition) is 1. The maximum atomic E-state index is 5.69. The molecule has 1 aromatic heterocycles. The number of rotatable bonds is 8. The molecule has 0 saturated heterocycles. The second-order valence-electron chi connectivity index (χ2n) is 5.54. The van der Waals surface area contributed by atoms with Crippen LogP contribution in [-0.4, -0.2) is 12.6 Å². The summed E-state index contributed by atoms with van der Waals surface area (Å²) in [6.45, 7) is 6.53. The van der Waals surface area contributed by atoms with E-state index in [0.29, 0.717) is 12.6 Å². The maximum Gasteiger partial charge on any atom is 0.129 e. The fourth-order valence-corrected chi connectivity index (χ4v) is 2.10. The zero-order valence-electron chi connectivity index (χ0n) is 11.6. The first kappa shape index (κ1) is 13.6.